The van der Waals surface area contributed by atoms with E-state index in [1.165, 1.54) is 0 Å². The number of carbonyl (C=O) groups excluding carboxylic acids is 3. The highest BCUT2D eigenvalue weighted by Gasteiger charge is 2.37. The van der Waals surface area contributed by atoms with Crippen molar-refractivity contribution in [1.82, 2.24) is 9.80 Å². The van der Waals surface area contributed by atoms with Crippen molar-refractivity contribution in [2.75, 3.05) is 49.6 Å². The average molecular weight is 497 g/mol. The van der Waals surface area contributed by atoms with Gasteiger partial charge in [-0.15, -0.1) is 0 Å². The topological polar surface area (TPSA) is 64.2 Å². The van der Waals surface area contributed by atoms with Crippen LogP contribution >= 0.6 is 11.6 Å². The van der Waals surface area contributed by atoms with Crippen LogP contribution in [0.3, 0.4) is 0 Å². The van der Waals surface area contributed by atoms with Crippen molar-refractivity contribution in [3.05, 3.63) is 58.6 Å². The highest BCUT2D eigenvalue weighted by Crippen LogP contribution is 2.31. The molecule has 186 valence electrons. The van der Waals surface area contributed by atoms with E-state index in [9.17, 15) is 14.4 Å². The zero-order chi connectivity index (χ0) is 25.1. The SMILES string of the molecule is CC(=O)N1CCCN(C)CCN(C(=O)C2CC(=O)N(c3ccc(C)c(Cl)c3)C2)Cc2ccccc21. The lowest BCUT2D eigenvalue weighted by atomic mass is 10.1. The molecule has 0 bridgehead atoms. The number of benzene rings is 2. The molecule has 0 saturated carbocycles. The molecule has 8 heteroatoms. The summed E-state index contributed by atoms with van der Waals surface area (Å²) in [4.78, 5) is 46.6. The molecule has 0 radical (unpaired) electrons. The van der Waals surface area contributed by atoms with Gasteiger partial charge in [0.15, 0.2) is 0 Å². The summed E-state index contributed by atoms with van der Waals surface area (Å²) >= 11 is 6.29. The molecule has 2 aliphatic rings. The Bertz CT molecular complexity index is 1120. The molecular weight excluding hydrogens is 464 g/mol. The van der Waals surface area contributed by atoms with Gasteiger partial charge in [0.05, 0.1) is 5.92 Å². The van der Waals surface area contributed by atoms with Gasteiger partial charge in [0.1, 0.15) is 0 Å². The van der Waals surface area contributed by atoms with Crippen LogP contribution in [0.5, 0.6) is 0 Å². The van der Waals surface area contributed by atoms with Gasteiger partial charge >= 0.3 is 0 Å². The zero-order valence-corrected chi connectivity index (χ0v) is 21.4. The van der Waals surface area contributed by atoms with Gasteiger partial charge in [-0.3, -0.25) is 14.4 Å². The molecule has 2 heterocycles. The summed E-state index contributed by atoms with van der Waals surface area (Å²) in [5, 5.41) is 0.604. The molecule has 7 nitrogen and oxygen atoms in total. The van der Waals surface area contributed by atoms with Crippen LogP contribution in [0.15, 0.2) is 42.5 Å². The largest absolute Gasteiger partial charge is 0.337 e. The third kappa shape index (κ3) is 5.68. The van der Waals surface area contributed by atoms with Gasteiger partial charge in [-0.2, -0.15) is 0 Å². The average Bonchev–Trinajstić information content (AvgIpc) is 3.21. The Morgan fingerprint density at radius 3 is 2.54 bits per heavy atom. The molecule has 2 aliphatic heterocycles. The lowest BCUT2D eigenvalue weighted by Gasteiger charge is -2.29. The number of hydrogen-bond acceptors (Lipinski definition) is 4. The van der Waals surface area contributed by atoms with E-state index in [1.807, 2.05) is 55.3 Å². The Labute approximate surface area is 212 Å². The molecular formula is C27H33ClN4O3. The van der Waals surface area contributed by atoms with Crippen molar-refractivity contribution in [1.29, 1.82) is 0 Å². The van der Waals surface area contributed by atoms with Crippen molar-refractivity contribution in [2.24, 2.45) is 5.92 Å². The van der Waals surface area contributed by atoms with Gasteiger partial charge in [-0.25, -0.2) is 0 Å². The fourth-order valence-corrected chi connectivity index (χ4v) is 5.04. The fraction of sp³-hybridized carbons (Fsp3) is 0.444. The minimum Gasteiger partial charge on any atom is -0.337 e. The Morgan fingerprint density at radius 1 is 1.03 bits per heavy atom. The van der Waals surface area contributed by atoms with Crippen LogP contribution in [0, 0.1) is 12.8 Å². The number of fused-ring (bicyclic) bond motifs is 1. The maximum Gasteiger partial charge on any atom is 0.228 e. The summed E-state index contributed by atoms with van der Waals surface area (Å²) in [5.41, 5.74) is 3.45. The highest BCUT2D eigenvalue weighted by molar-refractivity contribution is 6.31. The summed E-state index contributed by atoms with van der Waals surface area (Å²) in [5.74, 6) is -0.530. The summed E-state index contributed by atoms with van der Waals surface area (Å²) in [6.45, 7) is 6.99. The predicted molar refractivity (Wildman–Crippen MR) is 139 cm³/mol. The Morgan fingerprint density at radius 2 is 1.80 bits per heavy atom. The van der Waals surface area contributed by atoms with Crippen molar-refractivity contribution in [2.45, 2.75) is 33.2 Å². The standard InChI is InChI=1S/C27H33ClN4O3/c1-19-9-10-23(16-24(19)28)32-18-22(15-26(32)34)27(35)30-14-13-29(3)11-6-12-31(20(2)33)25-8-5-4-7-21(25)17-30/h4-5,7-10,16,22H,6,11-15,17-18H2,1-3H3. The van der Waals surface area contributed by atoms with E-state index in [-0.39, 0.29) is 24.1 Å². The normalized spacial score (nSPS) is 19.9. The lowest BCUT2D eigenvalue weighted by Crippen LogP contribution is -2.41. The summed E-state index contributed by atoms with van der Waals surface area (Å²) < 4.78 is 0. The Hall–Kier alpha value is -2.90. The van der Waals surface area contributed by atoms with Gasteiger partial charge in [0, 0.05) is 62.5 Å². The van der Waals surface area contributed by atoms with Crippen LogP contribution < -0.4 is 9.80 Å². The molecule has 1 saturated heterocycles. The summed E-state index contributed by atoms with van der Waals surface area (Å²) in [7, 11) is 2.04. The molecule has 0 N–H and O–H groups in total. The van der Waals surface area contributed by atoms with E-state index >= 15 is 0 Å². The van der Waals surface area contributed by atoms with Crippen molar-refractivity contribution >= 4 is 40.7 Å². The van der Waals surface area contributed by atoms with Gasteiger partial charge in [0.25, 0.3) is 0 Å². The second-order valence-electron chi connectivity index (χ2n) is 9.55. The monoisotopic (exact) mass is 496 g/mol. The first-order valence-electron chi connectivity index (χ1n) is 12.1. The smallest absolute Gasteiger partial charge is 0.228 e. The number of aryl methyl sites for hydroxylation is 1. The number of halogens is 1. The number of para-hydroxylation sites is 1. The number of hydrogen-bond donors (Lipinski definition) is 0. The molecule has 0 spiro atoms. The first-order chi connectivity index (χ1) is 16.7. The van der Waals surface area contributed by atoms with E-state index in [0.717, 1.165) is 42.0 Å². The number of carbonyl (C=O) groups is 3. The van der Waals surface area contributed by atoms with E-state index in [0.29, 0.717) is 31.2 Å². The number of nitrogens with zero attached hydrogens (tertiary/aromatic N) is 4. The van der Waals surface area contributed by atoms with Crippen molar-refractivity contribution in [3.63, 3.8) is 0 Å². The van der Waals surface area contributed by atoms with Crippen LogP contribution in [0.4, 0.5) is 11.4 Å². The molecule has 0 aromatic heterocycles. The van der Waals surface area contributed by atoms with Gasteiger partial charge in [0.2, 0.25) is 17.7 Å². The summed E-state index contributed by atoms with van der Waals surface area (Å²) in [6.07, 6.45) is 1.03. The molecule has 1 atom stereocenters. The zero-order valence-electron chi connectivity index (χ0n) is 20.7. The number of amides is 3. The van der Waals surface area contributed by atoms with E-state index < -0.39 is 5.92 Å². The van der Waals surface area contributed by atoms with Crippen LogP contribution in [-0.2, 0) is 20.9 Å². The molecule has 35 heavy (non-hydrogen) atoms. The molecule has 3 amide bonds. The summed E-state index contributed by atoms with van der Waals surface area (Å²) in [6, 6.07) is 13.3. The molecule has 2 aromatic carbocycles. The maximum absolute atomic E-state index is 13.7. The van der Waals surface area contributed by atoms with E-state index in [2.05, 4.69) is 4.90 Å². The fourth-order valence-electron chi connectivity index (χ4n) is 4.86. The third-order valence-corrected chi connectivity index (χ3v) is 7.36. The van der Waals surface area contributed by atoms with Crippen molar-refractivity contribution in [3.8, 4) is 0 Å². The number of rotatable bonds is 2. The van der Waals surface area contributed by atoms with Gasteiger partial charge in [-0.1, -0.05) is 35.9 Å². The minimum absolute atomic E-state index is 0.00832. The lowest BCUT2D eigenvalue weighted by molar-refractivity contribution is -0.136. The van der Waals surface area contributed by atoms with E-state index in [4.69, 9.17) is 11.6 Å². The second kappa shape index (κ2) is 10.8. The van der Waals surface area contributed by atoms with Gasteiger partial charge < -0.3 is 19.6 Å². The molecule has 2 aromatic rings. The first kappa shape index (κ1) is 25.2. The number of anilines is 2. The van der Waals surface area contributed by atoms with Crippen LogP contribution in [0.2, 0.25) is 5.02 Å². The van der Waals surface area contributed by atoms with Crippen molar-refractivity contribution < 1.29 is 14.4 Å². The molecule has 1 fully saturated rings. The Balaban J connectivity index is 1.59. The Kier molecular flexibility index (Phi) is 7.77. The molecule has 4 rings (SSSR count). The first-order valence-corrected chi connectivity index (χ1v) is 12.5. The van der Waals surface area contributed by atoms with Gasteiger partial charge in [-0.05, 0) is 56.3 Å². The maximum atomic E-state index is 13.7. The van der Waals surface area contributed by atoms with Crippen LogP contribution in [0.25, 0.3) is 0 Å². The molecule has 1 unspecified atom stereocenters. The molecule has 0 aliphatic carbocycles. The third-order valence-electron chi connectivity index (χ3n) is 6.95. The second-order valence-corrected chi connectivity index (χ2v) is 9.96. The predicted octanol–water partition coefficient (Wildman–Crippen LogP) is 3.72. The minimum atomic E-state index is -0.422. The van der Waals surface area contributed by atoms with E-state index in [1.54, 1.807) is 22.8 Å². The number of likely N-dealkylation sites (N-methyl/N-ethyl adjacent to an activating group) is 1. The highest BCUT2D eigenvalue weighted by atomic mass is 35.5. The van der Waals surface area contributed by atoms with Crippen LogP contribution in [0.1, 0.15) is 30.9 Å². The quantitative estimate of drug-likeness (QED) is 0.635. The van der Waals surface area contributed by atoms with Crippen LogP contribution in [-0.4, -0.2) is 67.3 Å².